The molecule has 0 bridgehead atoms. The van der Waals surface area contributed by atoms with Crippen LogP contribution >= 0.6 is 0 Å². The first-order valence-corrected chi connectivity index (χ1v) is 8.29. The number of anilines is 1. The summed E-state index contributed by atoms with van der Waals surface area (Å²) in [7, 11) is 0. The topological polar surface area (TPSA) is 63.2 Å². The van der Waals surface area contributed by atoms with E-state index in [1.54, 1.807) is 53.8 Å². The van der Waals surface area contributed by atoms with Crippen LogP contribution in [0, 0.1) is 6.92 Å². The molecule has 0 saturated carbocycles. The smallest absolute Gasteiger partial charge is 0.258 e. The highest BCUT2D eigenvalue weighted by molar-refractivity contribution is 6.07. The average Bonchev–Trinajstić information content (AvgIpc) is 2.67. The lowest BCUT2D eigenvalue weighted by Crippen LogP contribution is -2.31. The van der Waals surface area contributed by atoms with Crippen molar-refractivity contribution in [2.45, 2.75) is 20.4 Å². The van der Waals surface area contributed by atoms with Crippen molar-refractivity contribution in [2.24, 2.45) is 0 Å². The first-order valence-electron chi connectivity index (χ1n) is 8.29. The molecule has 0 atom stereocenters. The normalized spacial score (nSPS) is 10.4. The van der Waals surface area contributed by atoms with Crippen LogP contribution in [0.2, 0.25) is 0 Å². The minimum Gasteiger partial charge on any atom is -0.302 e. The predicted molar refractivity (Wildman–Crippen MR) is 100 cm³/mol. The number of amides is 1. The second-order valence-electron chi connectivity index (χ2n) is 6.00. The van der Waals surface area contributed by atoms with Gasteiger partial charge in [-0.1, -0.05) is 12.1 Å². The second-order valence-corrected chi connectivity index (χ2v) is 6.00. The van der Waals surface area contributed by atoms with E-state index in [-0.39, 0.29) is 11.7 Å². The van der Waals surface area contributed by atoms with E-state index in [9.17, 15) is 9.59 Å². The van der Waals surface area contributed by atoms with Gasteiger partial charge in [-0.25, -0.2) is 0 Å². The van der Waals surface area contributed by atoms with Crippen LogP contribution in [0.15, 0.2) is 67.1 Å². The van der Waals surface area contributed by atoms with Crippen molar-refractivity contribution in [2.75, 3.05) is 4.90 Å². The first kappa shape index (κ1) is 17.5. The number of aryl methyl sites for hydroxylation is 1. The van der Waals surface area contributed by atoms with Gasteiger partial charge in [-0.3, -0.25) is 19.6 Å². The molecule has 0 aliphatic heterocycles. The van der Waals surface area contributed by atoms with E-state index in [0.29, 0.717) is 17.7 Å². The van der Waals surface area contributed by atoms with Gasteiger partial charge in [0.1, 0.15) is 0 Å². The number of hydrogen-bond donors (Lipinski definition) is 0. The van der Waals surface area contributed by atoms with E-state index in [2.05, 4.69) is 9.97 Å². The molecule has 0 aliphatic carbocycles. The van der Waals surface area contributed by atoms with Gasteiger partial charge in [-0.15, -0.1) is 0 Å². The molecule has 3 rings (SSSR count). The van der Waals surface area contributed by atoms with Crippen LogP contribution in [0.25, 0.3) is 0 Å². The molecule has 5 nitrogen and oxygen atoms in total. The van der Waals surface area contributed by atoms with Crippen molar-refractivity contribution in [3.8, 4) is 0 Å². The Morgan fingerprint density at radius 3 is 2.42 bits per heavy atom. The monoisotopic (exact) mass is 345 g/mol. The van der Waals surface area contributed by atoms with Crippen LogP contribution in [0.5, 0.6) is 0 Å². The Balaban J connectivity index is 2.00. The number of Topliss-reactive ketones (excluding diaryl/α,β-unsaturated/α-hetero) is 1. The zero-order valence-corrected chi connectivity index (χ0v) is 14.7. The van der Waals surface area contributed by atoms with E-state index >= 15 is 0 Å². The number of carbonyl (C=O) groups is 2. The third-order valence-electron chi connectivity index (χ3n) is 4.13. The third kappa shape index (κ3) is 3.83. The number of benzene rings is 1. The Kier molecular flexibility index (Phi) is 5.17. The number of carbonyl (C=O) groups excluding carboxylic acids is 2. The summed E-state index contributed by atoms with van der Waals surface area (Å²) < 4.78 is 0. The van der Waals surface area contributed by atoms with Gasteiger partial charge < -0.3 is 4.90 Å². The molecule has 0 spiro atoms. The zero-order valence-electron chi connectivity index (χ0n) is 14.7. The quantitative estimate of drug-likeness (QED) is 0.659. The molecule has 26 heavy (non-hydrogen) atoms. The van der Waals surface area contributed by atoms with Crippen LogP contribution in [-0.4, -0.2) is 21.7 Å². The summed E-state index contributed by atoms with van der Waals surface area (Å²) in [6.45, 7) is 3.69. The summed E-state index contributed by atoms with van der Waals surface area (Å²) >= 11 is 0. The van der Waals surface area contributed by atoms with Gasteiger partial charge in [-0.05, 0) is 55.8 Å². The highest BCUT2D eigenvalue weighted by atomic mass is 16.2. The summed E-state index contributed by atoms with van der Waals surface area (Å²) in [6.07, 6.45) is 4.98. The fourth-order valence-corrected chi connectivity index (χ4v) is 2.75. The van der Waals surface area contributed by atoms with Crippen LogP contribution in [0.3, 0.4) is 0 Å². The maximum Gasteiger partial charge on any atom is 0.258 e. The minimum absolute atomic E-state index is 0.0580. The molecule has 0 fully saturated rings. The van der Waals surface area contributed by atoms with E-state index in [0.717, 1.165) is 16.9 Å². The number of ketones is 1. The third-order valence-corrected chi connectivity index (χ3v) is 4.13. The summed E-state index contributed by atoms with van der Waals surface area (Å²) in [6, 6.07) is 14.4. The fourth-order valence-electron chi connectivity index (χ4n) is 2.75. The van der Waals surface area contributed by atoms with E-state index in [1.807, 2.05) is 25.1 Å². The maximum absolute atomic E-state index is 13.2. The molecule has 1 amide bonds. The van der Waals surface area contributed by atoms with Crippen LogP contribution < -0.4 is 4.90 Å². The Morgan fingerprint density at radius 1 is 1.00 bits per heavy atom. The summed E-state index contributed by atoms with van der Waals surface area (Å²) in [5, 5.41) is 0. The van der Waals surface area contributed by atoms with Crippen LogP contribution in [-0.2, 0) is 6.54 Å². The number of hydrogen-bond acceptors (Lipinski definition) is 4. The molecule has 2 heterocycles. The number of rotatable bonds is 5. The van der Waals surface area contributed by atoms with Crippen LogP contribution in [0.4, 0.5) is 5.69 Å². The minimum atomic E-state index is -0.190. The molecule has 0 radical (unpaired) electrons. The number of pyridine rings is 2. The summed E-state index contributed by atoms with van der Waals surface area (Å²) in [5.41, 5.74) is 3.38. The second kappa shape index (κ2) is 7.70. The fraction of sp³-hybridized carbons (Fsp3) is 0.143. The number of nitrogens with zero attached hydrogens (tertiary/aromatic N) is 3. The first-order chi connectivity index (χ1) is 12.6. The lowest BCUT2D eigenvalue weighted by molar-refractivity contribution is 0.0984. The van der Waals surface area contributed by atoms with Crippen molar-refractivity contribution >= 4 is 17.4 Å². The maximum atomic E-state index is 13.2. The van der Waals surface area contributed by atoms with Gasteiger partial charge in [0.05, 0.1) is 12.2 Å². The van der Waals surface area contributed by atoms with Gasteiger partial charge >= 0.3 is 0 Å². The van der Waals surface area contributed by atoms with Crippen molar-refractivity contribution in [3.63, 3.8) is 0 Å². The zero-order chi connectivity index (χ0) is 18.5. The lowest BCUT2D eigenvalue weighted by atomic mass is 10.0. The average molecular weight is 345 g/mol. The van der Waals surface area contributed by atoms with Gasteiger partial charge in [0.15, 0.2) is 5.78 Å². The highest BCUT2D eigenvalue weighted by Gasteiger charge is 2.20. The van der Waals surface area contributed by atoms with Crippen molar-refractivity contribution in [1.29, 1.82) is 0 Å². The van der Waals surface area contributed by atoms with E-state index in [4.69, 9.17) is 0 Å². The standard InChI is InChI=1S/C21H19N3O2/c1-15-6-7-17(13-20(15)16(2)25)21(26)24(19-8-11-22-12-9-19)14-18-5-3-4-10-23-18/h3-13H,14H2,1-2H3. The van der Waals surface area contributed by atoms with Gasteiger partial charge in [0, 0.05) is 35.4 Å². The molecular formula is C21H19N3O2. The van der Waals surface area contributed by atoms with Crippen molar-refractivity contribution in [1.82, 2.24) is 9.97 Å². The molecule has 0 N–H and O–H groups in total. The Hall–Kier alpha value is -3.34. The van der Waals surface area contributed by atoms with Gasteiger partial charge in [-0.2, -0.15) is 0 Å². The summed E-state index contributed by atoms with van der Waals surface area (Å²) in [4.78, 5) is 35.0. The van der Waals surface area contributed by atoms with Crippen LogP contribution in [0.1, 0.15) is 38.9 Å². The molecule has 1 aromatic carbocycles. The predicted octanol–water partition coefficient (Wildman–Crippen LogP) is 3.83. The SMILES string of the molecule is CC(=O)c1cc(C(=O)N(Cc2ccccn2)c2ccncc2)ccc1C. The Labute approximate surface area is 152 Å². The highest BCUT2D eigenvalue weighted by Crippen LogP contribution is 2.20. The molecular weight excluding hydrogens is 326 g/mol. The number of aromatic nitrogens is 2. The molecule has 0 aliphatic rings. The molecule has 2 aromatic heterocycles. The van der Waals surface area contributed by atoms with Gasteiger partial charge in [0.25, 0.3) is 5.91 Å². The summed E-state index contributed by atoms with van der Waals surface area (Å²) in [5.74, 6) is -0.248. The molecule has 5 heteroatoms. The van der Waals surface area contributed by atoms with Crippen molar-refractivity contribution < 1.29 is 9.59 Å². The molecule has 130 valence electrons. The van der Waals surface area contributed by atoms with E-state index < -0.39 is 0 Å². The van der Waals surface area contributed by atoms with E-state index in [1.165, 1.54) is 6.92 Å². The largest absolute Gasteiger partial charge is 0.302 e. The molecule has 0 saturated heterocycles. The Bertz CT molecular complexity index is 925. The Morgan fingerprint density at radius 2 is 1.77 bits per heavy atom. The molecule has 3 aromatic rings. The lowest BCUT2D eigenvalue weighted by Gasteiger charge is -2.23. The van der Waals surface area contributed by atoms with Crippen molar-refractivity contribution in [3.05, 3.63) is 89.5 Å². The van der Waals surface area contributed by atoms with Gasteiger partial charge in [0.2, 0.25) is 0 Å². The molecule has 0 unspecified atom stereocenters.